The molecule has 1 aliphatic heterocycles. The minimum absolute atomic E-state index is 0. The van der Waals surface area contributed by atoms with Gasteiger partial charge >= 0.3 is 0 Å². The van der Waals surface area contributed by atoms with Gasteiger partial charge < -0.3 is 14.7 Å². The molecule has 0 bridgehead atoms. The van der Waals surface area contributed by atoms with Crippen LogP contribution in [0, 0.1) is 0 Å². The molecule has 3 rings (SSSR count). The van der Waals surface area contributed by atoms with Gasteiger partial charge in [0, 0.05) is 69.7 Å². The molecule has 0 saturated carbocycles. The molecule has 0 amide bonds. The molecule has 0 spiro atoms. The second-order valence-electron chi connectivity index (χ2n) is 5.73. The van der Waals surface area contributed by atoms with E-state index < -0.39 is 0 Å². The number of aliphatic imine (C=N–C) groups is 1. The molecular formula is C16H25IN6OS2. The lowest BCUT2D eigenvalue weighted by atomic mass is 10.3. The summed E-state index contributed by atoms with van der Waals surface area (Å²) in [6.07, 6.45) is 4.58. The monoisotopic (exact) mass is 508 g/mol. The van der Waals surface area contributed by atoms with Gasteiger partial charge in [-0.25, -0.2) is 4.98 Å². The molecule has 0 aliphatic carbocycles. The summed E-state index contributed by atoms with van der Waals surface area (Å²) in [6, 6.07) is 1.93. The van der Waals surface area contributed by atoms with E-state index in [0.717, 1.165) is 67.4 Å². The Labute approximate surface area is 179 Å². The molecule has 2 aromatic heterocycles. The molecule has 0 radical (unpaired) electrons. The van der Waals surface area contributed by atoms with Gasteiger partial charge in [-0.3, -0.25) is 9.89 Å². The molecule has 0 atom stereocenters. The first-order chi connectivity index (χ1) is 12.3. The molecule has 1 N–H and O–H groups in total. The molecule has 0 aromatic carbocycles. The predicted molar refractivity (Wildman–Crippen MR) is 118 cm³/mol. The van der Waals surface area contributed by atoms with E-state index in [2.05, 4.69) is 30.2 Å². The molecule has 1 aliphatic rings. The standard InChI is InChI=1S/C16H24N6OS2.HI/c1-17-15(18-4-2-11-24-16-19-5-12-25-16)22-8-6-21(7-9-22)13-14-3-10-23-20-14;/h3,5,10,12H,2,4,6-9,11,13H2,1H3,(H,17,18);1H. The van der Waals surface area contributed by atoms with Crippen LogP contribution < -0.4 is 5.32 Å². The molecule has 0 unspecified atom stereocenters. The van der Waals surface area contributed by atoms with E-state index in [4.69, 9.17) is 4.52 Å². The number of rotatable bonds is 7. The lowest BCUT2D eigenvalue weighted by Crippen LogP contribution is -2.52. The topological polar surface area (TPSA) is 69.8 Å². The second-order valence-corrected chi connectivity index (χ2v) is 7.96. The molecule has 1 saturated heterocycles. The molecular weight excluding hydrogens is 483 g/mol. The maximum Gasteiger partial charge on any atom is 0.193 e. The van der Waals surface area contributed by atoms with Crippen LogP contribution in [0.25, 0.3) is 0 Å². The minimum Gasteiger partial charge on any atom is -0.364 e. The Hall–Kier alpha value is -0.850. The number of nitrogens with one attached hydrogen (secondary N) is 1. The Kier molecular flexibility index (Phi) is 9.72. The minimum atomic E-state index is 0. The van der Waals surface area contributed by atoms with Crippen molar-refractivity contribution in [2.45, 2.75) is 17.3 Å². The number of hydrogen-bond donors (Lipinski definition) is 1. The first-order valence-corrected chi connectivity index (χ1v) is 10.3. The SMILES string of the molecule is CN=C(NCCCSc1nccs1)N1CCN(Cc2ccon2)CC1.I. The summed E-state index contributed by atoms with van der Waals surface area (Å²) >= 11 is 3.52. The Morgan fingerprint density at radius 1 is 1.38 bits per heavy atom. The van der Waals surface area contributed by atoms with Gasteiger partial charge in [0.2, 0.25) is 0 Å². The van der Waals surface area contributed by atoms with Crippen LogP contribution in [0.5, 0.6) is 0 Å². The van der Waals surface area contributed by atoms with Crippen molar-refractivity contribution < 1.29 is 4.52 Å². The van der Waals surface area contributed by atoms with E-state index in [1.807, 2.05) is 36.5 Å². The van der Waals surface area contributed by atoms with Gasteiger partial charge in [0.05, 0.1) is 5.69 Å². The lowest BCUT2D eigenvalue weighted by Gasteiger charge is -2.36. The summed E-state index contributed by atoms with van der Waals surface area (Å²) < 4.78 is 6.05. The number of guanidine groups is 1. The van der Waals surface area contributed by atoms with Crippen LogP contribution in [-0.4, -0.2) is 71.4 Å². The highest BCUT2D eigenvalue weighted by Crippen LogP contribution is 2.20. The van der Waals surface area contributed by atoms with Gasteiger partial charge in [0.1, 0.15) is 10.6 Å². The largest absolute Gasteiger partial charge is 0.364 e. The van der Waals surface area contributed by atoms with Crippen LogP contribution in [0.4, 0.5) is 0 Å². The fraction of sp³-hybridized carbons (Fsp3) is 0.562. The average molecular weight is 508 g/mol. The maximum absolute atomic E-state index is 4.90. The van der Waals surface area contributed by atoms with Crippen molar-refractivity contribution in [3.63, 3.8) is 0 Å². The number of hydrogen-bond acceptors (Lipinski definition) is 7. The molecule has 3 heterocycles. The zero-order valence-electron chi connectivity index (χ0n) is 14.8. The van der Waals surface area contributed by atoms with Crippen molar-refractivity contribution in [2.24, 2.45) is 4.99 Å². The zero-order valence-corrected chi connectivity index (χ0v) is 18.8. The van der Waals surface area contributed by atoms with E-state index in [1.54, 1.807) is 17.6 Å². The van der Waals surface area contributed by atoms with Crippen molar-refractivity contribution in [3.8, 4) is 0 Å². The van der Waals surface area contributed by atoms with E-state index >= 15 is 0 Å². The average Bonchev–Trinajstić information content (AvgIpc) is 3.33. The van der Waals surface area contributed by atoms with Crippen molar-refractivity contribution in [1.29, 1.82) is 0 Å². The first kappa shape index (κ1) is 21.5. The number of piperazine rings is 1. The molecule has 144 valence electrons. The van der Waals surface area contributed by atoms with Crippen molar-refractivity contribution in [3.05, 3.63) is 29.6 Å². The quantitative estimate of drug-likeness (QED) is 0.203. The van der Waals surface area contributed by atoms with Gasteiger partial charge in [-0.2, -0.15) is 0 Å². The van der Waals surface area contributed by atoms with Crippen molar-refractivity contribution in [2.75, 3.05) is 45.5 Å². The van der Waals surface area contributed by atoms with Crippen LogP contribution in [-0.2, 0) is 6.54 Å². The van der Waals surface area contributed by atoms with Gasteiger partial charge in [0.15, 0.2) is 5.96 Å². The summed E-state index contributed by atoms with van der Waals surface area (Å²) in [5.41, 5.74) is 0.994. The highest BCUT2D eigenvalue weighted by atomic mass is 127. The van der Waals surface area contributed by atoms with Crippen LogP contribution in [0.1, 0.15) is 12.1 Å². The number of halogens is 1. The van der Waals surface area contributed by atoms with Gasteiger partial charge in [-0.05, 0) is 6.42 Å². The maximum atomic E-state index is 4.90. The summed E-state index contributed by atoms with van der Waals surface area (Å²) in [7, 11) is 1.86. The summed E-state index contributed by atoms with van der Waals surface area (Å²) in [4.78, 5) is 13.4. The van der Waals surface area contributed by atoms with Gasteiger partial charge in [0.25, 0.3) is 0 Å². The summed E-state index contributed by atoms with van der Waals surface area (Å²) in [5.74, 6) is 2.07. The van der Waals surface area contributed by atoms with Crippen LogP contribution in [0.15, 0.2) is 37.8 Å². The Bertz CT molecular complexity index is 629. The lowest BCUT2D eigenvalue weighted by molar-refractivity contribution is 0.169. The fourth-order valence-corrected chi connectivity index (χ4v) is 4.36. The molecule has 26 heavy (non-hydrogen) atoms. The van der Waals surface area contributed by atoms with E-state index in [9.17, 15) is 0 Å². The van der Waals surface area contributed by atoms with E-state index in [0.29, 0.717) is 0 Å². The molecule has 10 heteroatoms. The number of aromatic nitrogens is 2. The molecule has 2 aromatic rings. The van der Waals surface area contributed by atoms with Crippen molar-refractivity contribution in [1.82, 2.24) is 25.3 Å². The highest BCUT2D eigenvalue weighted by Gasteiger charge is 2.20. The fourth-order valence-electron chi connectivity index (χ4n) is 2.71. The van der Waals surface area contributed by atoms with Gasteiger partial charge in [-0.1, -0.05) is 16.9 Å². The van der Waals surface area contributed by atoms with Crippen LogP contribution >= 0.6 is 47.1 Å². The molecule has 7 nitrogen and oxygen atoms in total. The van der Waals surface area contributed by atoms with E-state index in [-0.39, 0.29) is 24.0 Å². The zero-order chi connectivity index (χ0) is 17.3. The smallest absolute Gasteiger partial charge is 0.193 e. The Morgan fingerprint density at radius 3 is 2.88 bits per heavy atom. The highest BCUT2D eigenvalue weighted by molar-refractivity contribution is 14.0. The second kappa shape index (κ2) is 11.8. The predicted octanol–water partition coefficient (Wildman–Crippen LogP) is 2.62. The van der Waals surface area contributed by atoms with Crippen LogP contribution in [0.3, 0.4) is 0 Å². The Balaban J connectivity index is 0.00000243. The first-order valence-electron chi connectivity index (χ1n) is 8.44. The third kappa shape index (κ3) is 6.71. The molecule has 1 fully saturated rings. The number of nitrogens with zero attached hydrogens (tertiary/aromatic N) is 5. The summed E-state index contributed by atoms with van der Waals surface area (Å²) in [6.45, 7) is 5.76. The Morgan fingerprint density at radius 2 is 2.23 bits per heavy atom. The van der Waals surface area contributed by atoms with E-state index in [1.165, 1.54) is 0 Å². The number of thioether (sulfide) groups is 1. The summed E-state index contributed by atoms with van der Waals surface area (Å²) in [5, 5.41) is 9.48. The normalized spacial score (nSPS) is 15.7. The third-order valence-electron chi connectivity index (χ3n) is 4.00. The van der Waals surface area contributed by atoms with Crippen molar-refractivity contribution >= 4 is 53.0 Å². The third-order valence-corrected chi connectivity index (χ3v) is 6.05. The van der Waals surface area contributed by atoms with Gasteiger partial charge in [-0.15, -0.1) is 35.3 Å². The number of thiazole rings is 1. The van der Waals surface area contributed by atoms with Crippen LogP contribution in [0.2, 0.25) is 0 Å².